The van der Waals surface area contributed by atoms with E-state index in [0.717, 1.165) is 57.1 Å². The first-order valence-electron chi connectivity index (χ1n) is 10.1. The quantitative estimate of drug-likeness (QED) is 0.455. The van der Waals surface area contributed by atoms with Crippen LogP contribution in [0.25, 0.3) is 32.1 Å². The lowest BCUT2D eigenvalue weighted by molar-refractivity contribution is 0.132. The molecule has 2 aromatic heterocycles. The van der Waals surface area contributed by atoms with Crippen molar-refractivity contribution in [3.8, 4) is 16.9 Å². The molecule has 0 unspecified atom stereocenters. The lowest BCUT2D eigenvalue weighted by Gasteiger charge is -2.26. The summed E-state index contributed by atoms with van der Waals surface area (Å²) in [6, 6.07) is 12.0. The van der Waals surface area contributed by atoms with E-state index in [0.29, 0.717) is 4.70 Å². The summed E-state index contributed by atoms with van der Waals surface area (Å²) in [5.41, 5.74) is 4.10. The number of nitrogens with one attached hydrogen (secondary N) is 1. The maximum atomic E-state index is 12.6. The van der Waals surface area contributed by atoms with E-state index in [1.807, 2.05) is 48.7 Å². The predicted molar refractivity (Wildman–Crippen MR) is 123 cm³/mol. The van der Waals surface area contributed by atoms with E-state index in [2.05, 4.69) is 4.98 Å². The number of hydrogen-bond donors (Lipinski definition) is 2. The molecular formula is C24H22N2O4S. The molecule has 1 saturated carbocycles. The Morgan fingerprint density at radius 3 is 2.55 bits per heavy atom. The van der Waals surface area contributed by atoms with Crippen molar-refractivity contribution >= 4 is 38.4 Å². The first-order valence-corrected chi connectivity index (χ1v) is 10.9. The molecule has 2 heterocycles. The summed E-state index contributed by atoms with van der Waals surface area (Å²) in [4.78, 5) is 28.5. The molecule has 31 heavy (non-hydrogen) atoms. The molecule has 0 aliphatic heterocycles. The number of aromatic amines is 1. The molecule has 6 nitrogen and oxygen atoms in total. The van der Waals surface area contributed by atoms with Crippen molar-refractivity contribution < 1.29 is 14.6 Å². The summed E-state index contributed by atoms with van der Waals surface area (Å²) in [6.07, 6.45) is 0.724. The van der Waals surface area contributed by atoms with E-state index < -0.39 is 11.6 Å². The van der Waals surface area contributed by atoms with Gasteiger partial charge in [0.25, 0.3) is 5.56 Å². The fraction of sp³-hybridized carbons (Fsp3) is 0.250. The summed E-state index contributed by atoms with van der Waals surface area (Å²) in [5.74, 6) is 0.737. The minimum absolute atomic E-state index is 0.0838. The molecule has 0 spiro atoms. The molecule has 4 aromatic rings. The van der Waals surface area contributed by atoms with E-state index >= 15 is 0 Å². The number of thiophene rings is 1. The Morgan fingerprint density at radius 1 is 1.23 bits per heavy atom. The summed E-state index contributed by atoms with van der Waals surface area (Å²) in [7, 11) is 3.28. The maximum Gasteiger partial charge on any atom is 0.407 e. The number of aromatic nitrogens is 1. The Bertz CT molecular complexity index is 1400. The Balaban J connectivity index is 1.74. The molecular weight excluding hydrogens is 412 g/mol. The van der Waals surface area contributed by atoms with Crippen LogP contribution < -0.4 is 10.3 Å². The van der Waals surface area contributed by atoms with Crippen LogP contribution >= 0.6 is 11.3 Å². The molecule has 7 heteroatoms. The van der Waals surface area contributed by atoms with Crippen LogP contribution in [0, 0.1) is 6.92 Å². The minimum atomic E-state index is -0.920. The van der Waals surface area contributed by atoms with Crippen molar-refractivity contribution in [2.24, 2.45) is 0 Å². The molecule has 2 N–H and O–H groups in total. The van der Waals surface area contributed by atoms with Gasteiger partial charge in [-0.05, 0) is 54.0 Å². The second-order valence-corrected chi connectivity index (χ2v) is 9.00. The monoisotopic (exact) mass is 434 g/mol. The topological polar surface area (TPSA) is 82.6 Å². The summed E-state index contributed by atoms with van der Waals surface area (Å²) in [5, 5.41) is 13.3. The SMILES string of the molecule is COc1cc(C)c2[nH]c(=O)c3sccc3c2c1-c1ccc(C2(N(C)C(=O)O)CC2)cc1. The fourth-order valence-corrected chi connectivity index (χ4v) is 5.38. The number of methoxy groups -OCH3 is 1. The summed E-state index contributed by atoms with van der Waals surface area (Å²) < 4.78 is 6.44. The molecule has 1 aliphatic rings. The largest absolute Gasteiger partial charge is 0.496 e. The smallest absolute Gasteiger partial charge is 0.407 e. The summed E-state index contributed by atoms with van der Waals surface area (Å²) >= 11 is 1.43. The van der Waals surface area contributed by atoms with Crippen LogP contribution in [0.2, 0.25) is 0 Å². The van der Waals surface area contributed by atoms with Gasteiger partial charge in [0.15, 0.2) is 0 Å². The van der Waals surface area contributed by atoms with Gasteiger partial charge in [0.1, 0.15) is 10.4 Å². The molecule has 1 amide bonds. The van der Waals surface area contributed by atoms with Crippen LogP contribution in [0.15, 0.2) is 46.6 Å². The molecule has 2 aromatic carbocycles. The number of carbonyl (C=O) groups is 1. The van der Waals surface area contributed by atoms with Crippen LogP contribution in [0.5, 0.6) is 5.75 Å². The van der Waals surface area contributed by atoms with Gasteiger partial charge >= 0.3 is 6.09 Å². The van der Waals surface area contributed by atoms with Crippen LogP contribution in [0.4, 0.5) is 4.79 Å². The van der Waals surface area contributed by atoms with Crippen molar-refractivity contribution in [3.63, 3.8) is 0 Å². The van der Waals surface area contributed by atoms with Crippen molar-refractivity contribution in [2.45, 2.75) is 25.3 Å². The predicted octanol–water partition coefficient (Wildman–Crippen LogP) is 5.33. The molecule has 0 saturated heterocycles. The zero-order chi connectivity index (χ0) is 21.9. The third kappa shape index (κ3) is 2.84. The number of hydrogen-bond acceptors (Lipinski definition) is 4. The highest BCUT2D eigenvalue weighted by Gasteiger charge is 2.50. The molecule has 0 radical (unpaired) electrons. The van der Waals surface area contributed by atoms with Gasteiger partial charge in [-0.2, -0.15) is 0 Å². The van der Waals surface area contributed by atoms with Crippen LogP contribution in [-0.2, 0) is 5.54 Å². The number of H-pyrrole nitrogens is 1. The highest BCUT2D eigenvalue weighted by atomic mass is 32.1. The lowest BCUT2D eigenvalue weighted by Crippen LogP contribution is -2.35. The van der Waals surface area contributed by atoms with Gasteiger partial charge in [0.05, 0.1) is 18.2 Å². The number of carboxylic acid groups (broad SMARTS) is 1. The van der Waals surface area contributed by atoms with Crippen molar-refractivity contribution in [2.75, 3.05) is 14.2 Å². The lowest BCUT2D eigenvalue weighted by atomic mass is 9.93. The number of benzene rings is 2. The second-order valence-electron chi connectivity index (χ2n) is 8.09. The number of ether oxygens (including phenoxy) is 1. The Labute approximate surface area is 182 Å². The third-order valence-electron chi connectivity index (χ3n) is 6.45. The molecule has 158 valence electrons. The van der Waals surface area contributed by atoms with Gasteiger partial charge in [-0.3, -0.25) is 4.79 Å². The zero-order valence-electron chi connectivity index (χ0n) is 17.5. The van der Waals surface area contributed by atoms with Gasteiger partial charge in [-0.1, -0.05) is 24.3 Å². The highest BCUT2D eigenvalue weighted by Crippen LogP contribution is 2.51. The highest BCUT2D eigenvalue weighted by molar-refractivity contribution is 7.17. The van der Waals surface area contributed by atoms with Crippen LogP contribution in [0.1, 0.15) is 24.0 Å². The summed E-state index contributed by atoms with van der Waals surface area (Å²) in [6.45, 7) is 1.96. The first kappa shape index (κ1) is 19.6. The van der Waals surface area contributed by atoms with E-state index in [9.17, 15) is 14.7 Å². The second kappa shape index (κ2) is 6.85. The van der Waals surface area contributed by atoms with E-state index in [1.165, 1.54) is 16.2 Å². The van der Waals surface area contributed by atoms with Gasteiger partial charge in [0, 0.05) is 23.4 Å². The van der Waals surface area contributed by atoms with Crippen LogP contribution in [0.3, 0.4) is 0 Å². The van der Waals surface area contributed by atoms with Crippen molar-refractivity contribution in [3.05, 3.63) is 63.3 Å². The third-order valence-corrected chi connectivity index (χ3v) is 7.36. The first-order chi connectivity index (χ1) is 14.9. The number of rotatable bonds is 4. The maximum absolute atomic E-state index is 12.6. The molecule has 5 rings (SSSR count). The number of aryl methyl sites for hydroxylation is 1. The Kier molecular flexibility index (Phi) is 4.34. The number of nitrogens with zero attached hydrogens (tertiary/aromatic N) is 1. The van der Waals surface area contributed by atoms with Gasteiger partial charge in [0.2, 0.25) is 0 Å². The van der Waals surface area contributed by atoms with Crippen LogP contribution in [-0.4, -0.2) is 35.2 Å². The minimum Gasteiger partial charge on any atom is -0.496 e. The number of pyridine rings is 1. The average Bonchev–Trinajstić information content (AvgIpc) is 3.42. The van der Waals surface area contributed by atoms with Gasteiger partial charge in [-0.15, -0.1) is 11.3 Å². The van der Waals surface area contributed by atoms with Crippen molar-refractivity contribution in [1.82, 2.24) is 9.88 Å². The molecule has 0 bridgehead atoms. The van der Waals surface area contributed by atoms with Crippen molar-refractivity contribution in [1.29, 1.82) is 0 Å². The van der Waals surface area contributed by atoms with E-state index in [1.54, 1.807) is 14.2 Å². The van der Waals surface area contributed by atoms with E-state index in [4.69, 9.17) is 4.74 Å². The molecule has 1 fully saturated rings. The van der Waals surface area contributed by atoms with E-state index in [-0.39, 0.29) is 5.56 Å². The molecule has 1 aliphatic carbocycles. The standard InChI is InChI=1S/C24H22N2O4S/c1-13-12-17(30-3)18(19-16-8-11-31-21(16)22(27)25-20(13)19)14-4-6-15(7-5-14)24(9-10-24)26(2)23(28)29/h4-8,11-12H,9-10H2,1-3H3,(H,25,27)(H,28,29). The number of amides is 1. The average molecular weight is 435 g/mol. The Hall–Kier alpha value is -3.32. The Morgan fingerprint density at radius 2 is 1.94 bits per heavy atom. The van der Waals surface area contributed by atoms with Gasteiger partial charge in [-0.25, -0.2) is 4.79 Å². The number of fused-ring (bicyclic) bond motifs is 3. The normalized spacial score (nSPS) is 14.7. The fourth-order valence-electron chi connectivity index (χ4n) is 4.58. The van der Waals surface area contributed by atoms with Gasteiger partial charge < -0.3 is 19.7 Å². The zero-order valence-corrected chi connectivity index (χ0v) is 18.3. The molecule has 0 atom stereocenters.